The molecular formula is C21H16N6O3. The lowest BCUT2D eigenvalue weighted by atomic mass is 10.0. The van der Waals surface area contributed by atoms with Crippen LogP contribution >= 0.6 is 0 Å². The second kappa shape index (κ2) is 6.66. The number of nitrogens with zero attached hydrogens (tertiary/aromatic N) is 6. The van der Waals surface area contributed by atoms with E-state index in [1.54, 1.807) is 41.6 Å². The summed E-state index contributed by atoms with van der Waals surface area (Å²) in [6.07, 6.45) is 6.93. The fourth-order valence-corrected chi connectivity index (χ4v) is 3.69. The first-order valence-electron chi connectivity index (χ1n) is 9.19. The van der Waals surface area contributed by atoms with Crippen LogP contribution in [0.25, 0.3) is 38.9 Å². The predicted octanol–water partition coefficient (Wildman–Crippen LogP) is 2.22. The van der Waals surface area contributed by atoms with Crippen LogP contribution in [0.2, 0.25) is 0 Å². The second-order valence-electron chi connectivity index (χ2n) is 6.88. The van der Waals surface area contributed by atoms with Gasteiger partial charge in [-0.25, -0.2) is 14.3 Å². The molecule has 4 aromatic heterocycles. The minimum Gasteiger partial charge on any atom is -0.480 e. The molecule has 1 aromatic carbocycles. The van der Waals surface area contributed by atoms with Crippen LogP contribution in [0, 0.1) is 0 Å². The van der Waals surface area contributed by atoms with E-state index in [-0.39, 0.29) is 0 Å². The molecule has 0 aliphatic carbocycles. The summed E-state index contributed by atoms with van der Waals surface area (Å²) >= 11 is 0. The molecule has 0 radical (unpaired) electrons. The zero-order valence-corrected chi connectivity index (χ0v) is 15.9. The van der Waals surface area contributed by atoms with Gasteiger partial charge < -0.3 is 5.11 Å². The van der Waals surface area contributed by atoms with E-state index >= 15 is 0 Å². The van der Waals surface area contributed by atoms with Gasteiger partial charge in [-0.15, -0.1) is 0 Å². The summed E-state index contributed by atoms with van der Waals surface area (Å²) in [4.78, 5) is 32.8. The molecule has 0 aliphatic rings. The number of carboxylic acids is 1. The van der Waals surface area contributed by atoms with E-state index in [1.807, 2.05) is 31.3 Å². The van der Waals surface area contributed by atoms with Gasteiger partial charge in [0, 0.05) is 30.4 Å². The topological polar surface area (TPSA) is 108 Å². The third-order valence-electron chi connectivity index (χ3n) is 5.10. The molecule has 9 nitrogen and oxygen atoms in total. The van der Waals surface area contributed by atoms with Gasteiger partial charge in [-0.1, -0.05) is 12.1 Å². The molecule has 148 valence electrons. The zero-order valence-electron chi connectivity index (χ0n) is 15.9. The Morgan fingerprint density at radius 3 is 2.63 bits per heavy atom. The number of hydrogen-bond acceptors (Lipinski definition) is 5. The number of rotatable bonds is 4. The summed E-state index contributed by atoms with van der Waals surface area (Å²) in [7, 11) is 1.86. The van der Waals surface area contributed by atoms with Crippen molar-refractivity contribution in [1.29, 1.82) is 0 Å². The monoisotopic (exact) mass is 400 g/mol. The van der Waals surface area contributed by atoms with Crippen LogP contribution in [0.3, 0.4) is 0 Å². The number of aliphatic carboxylic acids is 1. The molecule has 4 heterocycles. The molecule has 5 rings (SSSR count). The third kappa shape index (κ3) is 2.67. The van der Waals surface area contributed by atoms with E-state index in [0.29, 0.717) is 16.9 Å². The Bertz CT molecular complexity index is 1480. The Morgan fingerprint density at radius 2 is 1.87 bits per heavy atom. The number of pyridine rings is 2. The highest BCUT2D eigenvalue weighted by atomic mass is 16.4. The van der Waals surface area contributed by atoms with Crippen LogP contribution in [0.1, 0.15) is 0 Å². The van der Waals surface area contributed by atoms with Gasteiger partial charge in [-0.3, -0.25) is 19.0 Å². The van der Waals surface area contributed by atoms with Crippen LogP contribution in [-0.2, 0) is 18.4 Å². The van der Waals surface area contributed by atoms with Gasteiger partial charge >= 0.3 is 11.7 Å². The van der Waals surface area contributed by atoms with Crippen LogP contribution in [0.4, 0.5) is 0 Å². The van der Waals surface area contributed by atoms with Crippen molar-refractivity contribution in [1.82, 2.24) is 28.9 Å². The average Bonchev–Trinajstić information content (AvgIpc) is 3.26. The summed E-state index contributed by atoms with van der Waals surface area (Å²) in [6, 6.07) is 10.8. The van der Waals surface area contributed by atoms with Crippen LogP contribution in [0.15, 0.2) is 66.0 Å². The summed E-state index contributed by atoms with van der Waals surface area (Å²) in [6.45, 7) is -0.430. The SMILES string of the molecule is Cn1ncc2c(-c3ccc(-n4c(=O)n(CC(=O)O)c5cccnc54)cc3)cncc21. The van der Waals surface area contributed by atoms with Gasteiger partial charge in [0.15, 0.2) is 5.65 Å². The fraction of sp³-hybridized carbons (Fsp3) is 0.0952. The molecule has 0 amide bonds. The largest absolute Gasteiger partial charge is 0.480 e. The number of aryl methyl sites for hydroxylation is 1. The van der Waals surface area contributed by atoms with Crippen molar-refractivity contribution in [2.75, 3.05) is 0 Å². The first-order chi connectivity index (χ1) is 14.5. The molecule has 0 spiro atoms. The maximum Gasteiger partial charge on any atom is 0.335 e. The van der Waals surface area contributed by atoms with Crippen molar-refractivity contribution in [3.8, 4) is 16.8 Å². The molecule has 0 saturated carbocycles. The molecule has 0 aliphatic heterocycles. The van der Waals surface area contributed by atoms with E-state index in [0.717, 1.165) is 22.0 Å². The maximum atomic E-state index is 13.0. The first-order valence-corrected chi connectivity index (χ1v) is 9.19. The van der Waals surface area contributed by atoms with Gasteiger partial charge in [-0.05, 0) is 29.8 Å². The number of aromatic nitrogens is 6. The fourth-order valence-electron chi connectivity index (χ4n) is 3.69. The highest BCUT2D eigenvalue weighted by Crippen LogP contribution is 2.28. The molecule has 9 heteroatoms. The van der Waals surface area contributed by atoms with E-state index < -0.39 is 18.2 Å². The Kier molecular flexibility index (Phi) is 3.95. The van der Waals surface area contributed by atoms with Crippen LogP contribution < -0.4 is 5.69 Å². The number of imidazole rings is 1. The van der Waals surface area contributed by atoms with E-state index in [2.05, 4.69) is 15.1 Å². The number of carbonyl (C=O) groups is 1. The van der Waals surface area contributed by atoms with Crippen molar-refractivity contribution in [2.24, 2.45) is 7.05 Å². The molecule has 0 atom stereocenters. The molecule has 0 bridgehead atoms. The predicted molar refractivity (Wildman–Crippen MR) is 110 cm³/mol. The van der Waals surface area contributed by atoms with Gasteiger partial charge in [0.25, 0.3) is 0 Å². The van der Waals surface area contributed by atoms with Crippen molar-refractivity contribution in [3.63, 3.8) is 0 Å². The highest BCUT2D eigenvalue weighted by molar-refractivity contribution is 5.93. The van der Waals surface area contributed by atoms with Crippen molar-refractivity contribution < 1.29 is 9.90 Å². The molecule has 30 heavy (non-hydrogen) atoms. The van der Waals surface area contributed by atoms with E-state index in [9.17, 15) is 14.7 Å². The lowest BCUT2D eigenvalue weighted by Crippen LogP contribution is -2.26. The third-order valence-corrected chi connectivity index (χ3v) is 5.10. The average molecular weight is 400 g/mol. The Labute approximate surface area is 169 Å². The van der Waals surface area contributed by atoms with Crippen molar-refractivity contribution in [3.05, 3.63) is 71.7 Å². The minimum absolute atomic E-state index is 0.410. The summed E-state index contributed by atoms with van der Waals surface area (Å²) in [5, 5.41) is 14.5. The minimum atomic E-state index is -1.09. The van der Waals surface area contributed by atoms with Crippen molar-refractivity contribution in [2.45, 2.75) is 6.54 Å². The first kappa shape index (κ1) is 17.8. The Hall–Kier alpha value is -4.27. The lowest BCUT2D eigenvalue weighted by molar-refractivity contribution is -0.137. The molecule has 0 unspecified atom stereocenters. The van der Waals surface area contributed by atoms with E-state index in [4.69, 9.17) is 0 Å². The van der Waals surface area contributed by atoms with Gasteiger partial charge in [0.1, 0.15) is 6.54 Å². The van der Waals surface area contributed by atoms with Crippen LogP contribution in [-0.4, -0.2) is 40.0 Å². The normalized spacial score (nSPS) is 11.4. The molecule has 0 fully saturated rings. The quantitative estimate of drug-likeness (QED) is 0.496. The highest BCUT2D eigenvalue weighted by Gasteiger charge is 2.17. The molecule has 1 N–H and O–H groups in total. The van der Waals surface area contributed by atoms with Crippen molar-refractivity contribution >= 4 is 28.0 Å². The second-order valence-corrected chi connectivity index (χ2v) is 6.88. The van der Waals surface area contributed by atoms with E-state index in [1.165, 1.54) is 9.13 Å². The number of benzene rings is 1. The Morgan fingerprint density at radius 1 is 1.07 bits per heavy atom. The molecule has 5 aromatic rings. The standard InChI is InChI=1S/C21H16N6O3/c1-25-18-11-22-9-15(16(18)10-24-25)13-4-6-14(7-5-13)27-20-17(3-2-8-23-20)26(21(27)30)12-19(28)29/h2-11H,12H2,1H3,(H,28,29). The van der Waals surface area contributed by atoms with Gasteiger partial charge in [0.2, 0.25) is 0 Å². The smallest absolute Gasteiger partial charge is 0.335 e. The maximum absolute atomic E-state index is 13.0. The van der Waals surface area contributed by atoms with Gasteiger partial charge in [-0.2, -0.15) is 5.10 Å². The number of fused-ring (bicyclic) bond motifs is 2. The summed E-state index contributed by atoms with van der Waals surface area (Å²) in [5.74, 6) is -1.09. The Balaban J connectivity index is 1.65. The zero-order chi connectivity index (χ0) is 20.8. The summed E-state index contributed by atoms with van der Waals surface area (Å²) in [5.41, 5.74) is 3.82. The number of carboxylic acid groups (broad SMARTS) is 1. The summed E-state index contributed by atoms with van der Waals surface area (Å²) < 4.78 is 4.40. The lowest BCUT2D eigenvalue weighted by Gasteiger charge is -2.06. The molecular weight excluding hydrogens is 384 g/mol. The molecule has 0 saturated heterocycles. The van der Waals surface area contributed by atoms with Crippen LogP contribution in [0.5, 0.6) is 0 Å². The number of hydrogen-bond donors (Lipinski definition) is 1. The van der Waals surface area contributed by atoms with Gasteiger partial charge in [0.05, 0.1) is 29.1 Å².